The second kappa shape index (κ2) is 6.17. The van der Waals surface area contributed by atoms with Gasteiger partial charge in [-0.2, -0.15) is 4.31 Å². The lowest BCUT2D eigenvalue weighted by molar-refractivity contribution is 0.0173. The van der Waals surface area contributed by atoms with Crippen molar-refractivity contribution in [1.82, 2.24) is 14.2 Å². The number of hydrogen-bond acceptors (Lipinski definition) is 5. The number of benzene rings is 1. The highest BCUT2D eigenvalue weighted by molar-refractivity contribution is 7.89. The number of hydrogen-bond donors (Lipinski definition) is 0. The molecule has 8 heteroatoms. The summed E-state index contributed by atoms with van der Waals surface area (Å²) in [5.74, 6) is 0. The number of fused-ring (bicyclic) bond motifs is 3. The van der Waals surface area contributed by atoms with Crippen molar-refractivity contribution < 1.29 is 17.9 Å². The van der Waals surface area contributed by atoms with Gasteiger partial charge in [0, 0.05) is 36.9 Å². The van der Waals surface area contributed by atoms with E-state index >= 15 is 0 Å². The Morgan fingerprint density at radius 3 is 2.59 bits per heavy atom. The molecule has 2 saturated heterocycles. The molecule has 0 spiro atoms. The predicted molar refractivity (Wildman–Crippen MR) is 101 cm³/mol. The van der Waals surface area contributed by atoms with Crippen molar-refractivity contribution in [3.05, 3.63) is 36.7 Å². The van der Waals surface area contributed by atoms with Gasteiger partial charge in [-0.05, 0) is 50.8 Å². The Labute approximate surface area is 159 Å². The number of carbonyl (C=O) groups is 1. The Morgan fingerprint density at radius 1 is 1.15 bits per heavy atom. The molecule has 2 aromatic rings. The Bertz CT molecular complexity index is 999. The van der Waals surface area contributed by atoms with Gasteiger partial charge in [0.15, 0.2) is 0 Å². The molecule has 27 heavy (non-hydrogen) atoms. The summed E-state index contributed by atoms with van der Waals surface area (Å²) in [5.41, 5.74) is -0.565. The summed E-state index contributed by atoms with van der Waals surface area (Å²) < 4.78 is 33.3. The molecule has 1 aromatic carbocycles. The standard InChI is InChI=1S/C19H23N3O4S/c1-19(2,3)26-18(23)21-11-16-9-15(21)12-22(16)27(24,25)17-5-4-14-10-20-7-6-13(14)8-17/h4-8,10,15-16H,9,11-12H2,1-3H3/t15-,16-/m0/s1. The van der Waals surface area contributed by atoms with Gasteiger partial charge in [-0.3, -0.25) is 4.98 Å². The zero-order chi connectivity index (χ0) is 19.4. The van der Waals surface area contributed by atoms with E-state index in [1.165, 1.54) is 4.31 Å². The van der Waals surface area contributed by atoms with Gasteiger partial charge in [0.2, 0.25) is 10.0 Å². The van der Waals surface area contributed by atoms with E-state index in [1.54, 1.807) is 41.6 Å². The van der Waals surface area contributed by atoms with E-state index in [2.05, 4.69) is 4.98 Å². The van der Waals surface area contributed by atoms with Crippen LogP contribution in [0.25, 0.3) is 10.8 Å². The van der Waals surface area contributed by atoms with Crippen molar-refractivity contribution >= 4 is 26.9 Å². The summed E-state index contributed by atoms with van der Waals surface area (Å²) in [4.78, 5) is 18.3. The number of pyridine rings is 1. The molecule has 2 atom stereocenters. The van der Waals surface area contributed by atoms with Crippen LogP contribution in [0.1, 0.15) is 27.2 Å². The molecule has 4 rings (SSSR count). The summed E-state index contributed by atoms with van der Waals surface area (Å²) in [6, 6.07) is 6.54. The van der Waals surface area contributed by atoms with E-state index < -0.39 is 15.6 Å². The van der Waals surface area contributed by atoms with Gasteiger partial charge >= 0.3 is 6.09 Å². The van der Waals surface area contributed by atoms with Crippen LogP contribution in [0.4, 0.5) is 4.79 Å². The number of sulfonamides is 1. The molecule has 2 fully saturated rings. The molecule has 0 aliphatic carbocycles. The number of nitrogens with zero attached hydrogens (tertiary/aromatic N) is 3. The highest BCUT2D eigenvalue weighted by Crippen LogP contribution is 2.36. The van der Waals surface area contributed by atoms with E-state index in [0.29, 0.717) is 19.5 Å². The monoisotopic (exact) mass is 389 g/mol. The number of ether oxygens (including phenoxy) is 1. The van der Waals surface area contributed by atoms with Crippen molar-refractivity contribution in [2.24, 2.45) is 0 Å². The molecule has 144 valence electrons. The highest BCUT2D eigenvalue weighted by atomic mass is 32.2. The first-order valence-corrected chi connectivity index (χ1v) is 10.4. The van der Waals surface area contributed by atoms with Gasteiger partial charge < -0.3 is 9.64 Å². The Kier molecular flexibility index (Phi) is 4.16. The SMILES string of the molecule is CC(C)(C)OC(=O)N1C[C@@H]2C[C@H]1CN2S(=O)(=O)c1ccc2cnccc2c1. The molecule has 1 aromatic heterocycles. The van der Waals surface area contributed by atoms with Crippen molar-refractivity contribution in [2.45, 2.75) is 49.8 Å². The summed E-state index contributed by atoms with van der Waals surface area (Å²) in [6.45, 7) is 6.15. The van der Waals surface area contributed by atoms with Crippen LogP contribution in [-0.4, -0.2) is 59.5 Å². The first kappa shape index (κ1) is 18.2. The van der Waals surface area contributed by atoms with Crippen molar-refractivity contribution in [1.29, 1.82) is 0 Å². The Morgan fingerprint density at radius 2 is 1.93 bits per heavy atom. The van der Waals surface area contributed by atoms with Crippen molar-refractivity contribution in [3.8, 4) is 0 Å². The molecular formula is C19H23N3O4S. The summed E-state index contributed by atoms with van der Waals surface area (Å²) in [5, 5.41) is 1.74. The molecule has 2 bridgehead atoms. The Balaban J connectivity index is 1.54. The highest BCUT2D eigenvalue weighted by Gasteiger charge is 2.50. The fourth-order valence-electron chi connectivity index (χ4n) is 3.83. The maximum atomic E-state index is 13.1. The van der Waals surface area contributed by atoms with Crippen LogP contribution in [0.15, 0.2) is 41.6 Å². The molecule has 0 N–H and O–H groups in total. The first-order valence-electron chi connectivity index (χ1n) is 9.00. The smallest absolute Gasteiger partial charge is 0.410 e. The third kappa shape index (κ3) is 3.27. The molecule has 0 unspecified atom stereocenters. The van der Waals surface area contributed by atoms with E-state index in [4.69, 9.17) is 4.74 Å². The van der Waals surface area contributed by atoms with E-state index in [1.807, 2.05) is 20.8 Å². The van der Waals surface area contributed by atoms with Crippen LogP contribution in [0.2, 0.25) is 0 Å². The van der Waals surface area contributed by atoms with Crippen LogP contribution in [0.5, 0.6) is 0 Å². The number of carbonyl (C=O) groups excluding carboxylic acids is 1. The average molecular weight is 389 g/mol. The Hall–Kier alpha value is -2.19. The van der Waals surface area contributed by atoms with Crippen LogP contribution < -0.4 is 0 Å². The summed E-state index contributed by atoms with van der Waals surface area (Å²) in [7, 11) is -3.61. The molecule has 7 nitrogen and oxygen atoms in total. The van der Waals surface area contributed by atoms with Gasteiger partial charge in [0.1, 0.15) is 5.60 Å². The molecule has 1 amide bonds. The second-order valence-corrected chi connectivity index (χ2v) is 10.0. The predicted octanol–water partition coefficient (Wildman–Crippen LogP) is 2.62. The molecule has 2 aliphatic heterocycles. The third-order valence-corrected chi connectivity index (χ3v) is 6.95. The first-order chi connectivity index (χ1) is 12.6. The zero-order valence-electron chi connectivity index (χ0n) is 15.6. The number of likely N-dealkylation sites (tertiary alicyclic amines) is 1. The minimum Gasteiger partial charge on any atom is -0.444 e. The topological polar surface area (TPSA) is 79.8 Å². The van der Waals surface area contributed by atoms with E-state index in [9.17, 15) is 13.2 Å². The van der Waals surface area contributed by atoms with Crippen molar-refractivity contribution in [3.63, 3.8) is 0 Å². The van der Waals surface area contributed by atoms with Crippen LogP contribution >= 0.6 is 0 Å². The molecule has 0 radical (unpaired) electrons. The van der Waals surface area contributed by atoms with Crippen molar-refractivity contribution in [2.75, 3.05) is 13.1 Å². The fourth-order valence-corrected chi connectivity index (χ4v) is 5.53. The minimum atomic E-state index is -3.61. The fraction of sp³-hybridized carbons (Fsp3) is 0.474. The summed E-state index contributed by atoms with van der Waals surface area (Å²) in [6.07, 6.45) is 3.64. The van der Waals surface area contributed by atoms with E-state index in [0.717, 1.165) is 10.8 Å². The lowest BCUT2D eigenvalue weighted by Gasteiger charge is -2.34. The maximum absolute atomic E-state index is 13.1. The second-order valence-electron chi connectivity index (χ2n) is 8.14. The van der Waals surface area contributed by atoms with Gasteiger partial charge in [0.05, 0.1) is 10.9 Å². The largest absolute Gasteiger partial charge is 0.444 e. The van der Waals surface area contributed by atoms with Gasteiger partial charge in [-0.25, -0.2) is 13.2 Å². The van der Waals surface area contributed by atoms with Crippen LogP contribution in [0, 0.1) is 0 Å². The van der Waals surface area contributed by atoms with Gasteiger partial charge in [-0.15, -0.1) is 0 Å². The normalized spacial score (nSPS) is 23.1. The molecule has 0 saturated carbocycles. The number of aromatic nitrogens is 1. The average Bonchev–Trinajstić information content (AvgIpc) is 3.21. The molecule has 2 aliphatic rings. The minimum absolute atomic E-state index is 0.135. The quantitative estimate of drug-likeness (QED) is 0.789. The summed E-state index contributed by atoms with van der Waals surface area (Å²) >= 11 is 0. The lowest BCUT2D eigenvalue weighted by atomic mass is 10.2. The lowest BCUT2D eigenvalue weighted by Crippen LogP contribution is -2.51. The zero-order valence-corrected chi connectivity index (χ0v) is 16.4. The number of amides is 1. The maximum Gasteiger partial charge on any atom is 0.410 e. The van der Waals surface area contributed by atoms with Crippen LogP contribution in [-0.2, 0) is 14.8 Å². The molecule has 3 heterocycles. The van der Waals surface area contributed by atoms with Gasteiger partial charge in [0.25, 0.3) is 0 Å². The van der Waals surface area contributed by atoms with Crippen LogP contribution in [0.3, 0.4) is 0 Å². The number of rotatable bonds is 2. The van der Waals surface area contributed by atoms with E-state index in [-0.39, 0.29) is 23.1 Å². The third-order valence-electron chi connectivity index (χ3n) is 5.04. The number of piperazine rings is 1. The molecular weight excluding hydrogens is 366 g/mol. The van der Waals surface area contributed by atoms with Gasteiger partial charge in [-0.1, -0.05) is 6.07 Å².